The molecule has 0 heterocycles. The van der Waals surface area contributed by atoms with Gasteiger partial charge in [-0.3, -0.25) is 0 Å². The highest BCUT2D eigenvalue weighted by Crippen LogP contribution is 2.40. The van der Waals surface area contributed by atoms with Gasteiger partial charge in [-0.1, -0.05) is 40.4 Å². The molecule has 1 aromatic carbocycles. The van der Waals surface area contributed by atoms with E-state index in [0.29, 0.717) is 5.02 Å². The van der Waals surface area contributed by atoms with Crippen LogP contribution in [0.25, 0.3) is 0 Å². The van der Waals surface area contributed by atoms with Gasteiger partial charge in [0.2, 0.25) is 0 Å². The van der Waals surface area contributed by atoms with E-state index < -0.39 is 0 Å². The molecule has 1 aliphatic rings. The lowest BCUT2D eigenvalue weighted by Crippen LogP contribution is -2.27. The third-order valence-electron chi connectivity index (χ3n) is 3.43. The number of rotatable bonds is 4. The molecule has 0 spiro atoms. The smallest absolute Gasteiger partial charge is 0.137 e. The monoisotopic (exact) mass is 334 g/mol. The summed E-state index contributed by atoms with van der Waals surface area (Å²) in [6.07, 6.45) is 5.01. The third kappa shape index (κ3) is 3.33. The molecule has 1 aromatic rings. The second-order valence-corrected chi connectivity index (χ2v) is 6.37. The molecule has 1 fully saturated rings. The average molecular weight is 336 g/mol. The van der Waals surface area contributed by atoms with Crippen LogP contribution in [0.5, 0.6) is 5.75 Å². The molecule has 0 bridgehead atoms. The van der Waals surface area contributed by atoms with Gasteiger partial charge in [-0.25, -0.2) is 0 Å². The molecule has 0 aromatic heterocycles. The van der Waals surface area contributed by atoms with Gasteiger partial charge in [-0.2, -0.15) is 12.6 Å². The summed E-state index contributed by atoms with van der Waals surface area (Å²) in [5, 5.41) is 0.659. The number of hydrogen-bond acceptors (Lipinski definition) is 2. The van der Waals surface area contributed by atoms with E-state index in [1.165, 1.54) is 25.7 Å². The summed E-state index contributed by atoms with van der Waals surface area (Å²) >= 11 is 14.0. The third-order valence-corrected chi connectivity index (χ3v) is 4.89. The maximum absolute atomic E-state index is 6.13. The molecule has 17 heavy (non-hydrogen) atoms. The molecule has 0 atom stereocenters. The van der Waals surface area contributed by atoms with Crippen molar-refractivity contribution >= 4 is 40.2 Å². The summed E-state index contributed by atoms with van der Waals surface area (Å²) < 4.78 is 6.84. The Morgan fingerprint density at radius 3 is 2.65 bits per heavy atom. The zero-order valence-corrected chi connectivity index (χ0v) is 12.8. The van der Waals surface area contributed by atoms with E-state index in [1.807, 2.05) is 18.2 Å². The molecule has 94 valence electrons. The standard InChI is InChI=1S/C13H16BrClOS/c14-10-3-4-12(11(15)7-10)16-8-13(9-17)5-1-2-6-13/h3-4,7,17H,1-2,5-6,8-9H2. The van der Waals surface area contributed by atoms with Gasteiger partial charge in [0.05, 0.1) is 11.6 Å². The Balaban J connectivity index is 2.01. The van der Waals surface area contributed by atoms with Crippen molar-refractivity contribution in [2.75, 3.05) is 12.4 Å². The fraction of sp³-hybridized carbons (Fsp3) is 0.538. The van der Waals surface area contributed by atoms with E-state index in [2.05, 4.69) is 28.6 Å². The fourth-order valence-corrected chi connectivity index (χ4v) is 3.43. The Morgan fingerprint density at radius 1 is 1.35 bits per heavy atom. The lowest BCUT2D eigenvalue weighted by Gasteiger charge is -2.27. The highest BCUT2D eigenvalue weighted by atomic mass is 79.9. The van der Waals surface area contributed by atoms with Crippen LogP contribution in [0.1, 0.15) is 25.7 Å². The van der Waals surface area contributed by atoms with Crippen molar-refractivity contribution in [3.05, 3.63) is 27.7 Å². The Hall–Kier alpha value is 0.140. The molecule has 0 radical (unpaired) electrons. The minimum absolute atomic E-state index is 0.250. The number of ether oxygens (including phenoxy) is 1. The first-order valence-corrected chi connectivity index (χ1v) is 7.64. The lowest BCUT2D eigenvalue weighted by molar-refractivity contribution is 0.173. The van der Waals surface area contributed by atoms with E-state index in [1.54, 1.807) is 0 Å². The molecule has 2 rings (SSSR count). The maximum atomic E-state index is 6.13. The van der Waals surface area contributed by atoms with Crippen molar-refractivity contribution in [2.24, 2.45) is 5.41 Å². The molecule has 4 heteroatoms. The number of benzene rings is 1. The van der Waals surface area contributed by atoms with Crippen molar-refractivity contribution in [1.82, 2.24) is 0 Å². The Kier molecular flexibility index (Phi) is 4.67. The van der Waals surface area contributed by atoms with E-state index >= 15 is 0 Å². The quantitative estimate of drug-likeness (QED) is 0.764. The molecule has 1 nitrogen and oxygen atoms in total. The summed E-state index contributed by atoms with van der Waals surface area (Å²) in [4.78, 5) is 0. The molecule has 0 amide bonds. The molecule has 1 saturated carbocycles. The molecular weight excluding hydrogens is 320 g/mol. The highest BCUT2D eigenvalue weighted by Gasteiger charge is 2.33. The predicted molar refractivity (Wildman–Crippen MR) is 79.4 cm³/mol. The van der Waals surface area contributed by atoms with Crippen LogP contribution in [-0.2, 0) is 0 Å². The highest BCUT2D eigenvalue weighted by molar-refractivity contribution is 9.10. The summed E-state index contributed by atoms with van der Waals surface area (Å²) in [5.74, 6) is 1.66. The maximum Gasteiger partial charge on any atom is 0.137 e. The first kappa shape index (κ1) is 13.6. The Labute approximate surface area is 121 Å². The van der Waals surface area contributed by atoms with Crippen LogP contribution in [0.15, 0.2) is 22.7 Å². The van der Waals surface area contributed by atoms with E-state index in [0.717, 1.165) is 22.6 Å². The van der Waals surface area contributed by atoms with E-state index in [-0.39, 0.29) is 5.41 Å². The fourth-order valence-electron chi connectivity index (χ4n) is 2.30. The van der Waals surface area contributed by atoms with Gasteiger partial charge in [0.1, 0.15) is 5.75 Å². The largest absolute Gasteiger partial charge is 0.491 e. The molecule has 1 aliphatic carbocycles. The van der Waals surface area contributed by atoms with Crippen LogP contribution in [-0.4, -0.2) is 12.4 Å². The molecule has 0 saturated heterocycles. The Morgan fingerprint density at radius 2 is 2.06 bits per heavy atom. The molecule has 0 unspecified atom stereocenters. The van der Waals surface area contributed by atoms with Gasteiger partial charge in [-0.15, -0.1) is 0 Å². The van der Waals surface area contributed by atoms with Gasteiger partial charge in [0.15, 0.2) is 0 Å². The first-order chi connectivity index (χ1) is 8.15. The summed E-state index contributed by atoms with van der Waals surface area (Å²) in [6.45, 7) is 0.720. The summed E-state index contributed by atoms with van der Waals surface area (Å²) in [6, 6.07) is 5.72. The van der Waals surface area contributed by atoms with Crippen LogP contribution in [0.4, 0.5) is 0 Å². The average Bonchev–Trinajstić information content (AvgIpc) is 2.77. The number of hydrogen-bond donors (Lipinski definition) is 1. The second kappa shape index (κ2) is 5.85. The lowest BCUT2D eigenvalue weighted by atomic mass is 9.90. The van der Waals surface area contributed by atoms with E-state index in [9.17, 15) is 0 Å². The van der Waals surface area contributed by atoms with Crippen molar-refractivity contribution in [2.45, 2.75) is 25.7 Å². The van der Waals surface area contributed by atoms with Crippen LogP contribution in [0, 0.1) is 5.41 Å². The number of thiol groups is 1. The van der Waals surface area contributed by atoms with Gasteiger partial charge < -0.3 is 4.74 Å². The van der Waals surface area contributed by atoms with Crippen molar-refractivity contribution in [3.63, 3.8) is 0 Å². The van der Waals surface area contributed by atoms with Gasteiger partial charge in [0.25, 0.3) is 0 Å². The van der Waals surface area contributed by atoms with Crippen LogP contribution in [0.2, 0.25) is 5.02 Å². The van der Waals surface area contributed by atoms with Crippen LogP contribution >= 0.6 is 40.2 Å². The topological polar surface area (TPSA) is 9.23 Å². The van der Waals surface area contributed by atoms with Crippen molar-refractivity contribution in [3.8, 4) is 5.75 Å². The predicted octanol–water partition coefficient (Wildman–Crippen LogP) is 4.97. The summed E-state index contributed by atoms with van der Waals surface area (Å²) in [7, 11) is 0. The minimum Gasteiger partial charge on any atom is -0.491 e. The van der Waals surface area contributed by atoms with Crippen LogP contribution in [0.3, 0.4) is 0 Å². The van der Waals surface area contributed by atoms with Crippen LogP contribution < -0.4 is 4.74 Å². The van der Waals surface area contributed by atoms with Crippen molar-refractivity contribution in [1.29, 1.82) is 0 Å². The van der Waals surface area contributed by atoms with Gasteiger partial charge in [0, 0.05) is 9.89 Å². The SMILES string of the molecule is SCC1(COc2ccc(Br)cc2Cl)CCCC1. The van der Waals surface area contributed by atoms with Gasteiger partial charge in [-0.05, 0) is 36.8 Å². The Bertz CT molecular complexity index is 391. The van der Waals surface area contributed by atoms with Gasteiger partial charge >= 0.3 is 0 Å². The molecular formula is C13H16BrClOS. The molecule has 0 N–H and O–H groups in total. The normalized spacial score (nSPS) is 18.3. The zero-order valence-electron chi connectivity index (χ0n) is 9.59. The first-order valence-electron chi connectivity index (χ1n) is 5.84. The summed E-state index contributed by atoms with van der Waals surface area (Å²) in [5.41, 5.74) is 0.250. The molecule has 0 aliphatic heterocycles. The second-order valence-electron chi connectivity index (χ2n) is 4.73. The number of halogens is 2. The zero-order chi connectivity index (χ0) is 12.3. The van der Waals surface area contributed by atoms with E-state index in [4.69, 9.17) is 16.3 Å². The minimum atomic E-state index is 0.250. The van der Waals surface area contributed by atoms with Crippen molar-refractivity contribution < 1.29 is 4.74 Å².